The summed E-state index contributed by atoms with van der Waals surface area (Å²) in [5.74, 6) is -1.32. The Hall–Kier alpha value is -2.58. The van der Waals surface area contributed by atoms with Crippen molar-refractivity contribution in [1.29, 1.82) is 0 Å². The number of likely N-dealkylation sites (N-methyl/N-ethyl adjacent to an activating group) is 1. The zero-order chi connectivity index (χ0) is 18.8. The molecule has 0 aliphatic carbocycles. The van der Waals surface area contributed by atoms with Gasteiger partial charge in [-0.3, -0.25) is 4.79 Å². The van der Waals surface area contributed by atoms with E-state index in [0.717, 1.165) is 11.6 Å². The summed E-state index contributed by atoms with van der Waals surface area (Å²) in [5.41, 5.74) is 1.76. The number of fused-ring (bicyclic) bond motifs is 1. The monoisotopic (exact) mass is 376 g/mol. The van der Waals surface area contributed by atoms with Gasteiger partial charge in [0.05, 0.1) is 22.6 Å². The van der Waals surface area contributed by atoms with Gasteiger partial charge in [0.1, 0.15) is 11.6 Å². The lowest BCUT2D eigenvalue weighted by molar-refractivity contribution is 0.0943. The number of halogens is 2. The fraction of sp³-hybridized carbons (Fsp3) is 0.222. The second-order valence-electron chi connectivity index (χ2n) is 6.20. The average molecular weight is 376 g/mol. The van der Waals surface area contributed by atoms with Crippen LogP contribution in [-0.2, 0) is 0 Å². The first-order valence-electron chi connectivity index (χ1n) is 7.97. The molecular formula is C18H18F2N4OS. The van der Waals surface area contributed by atoms with Crippen molar-refractivity contribution >= 4 is 29.2 Å². The molecule has 0 spiro atoms. The molecule has 136 valence electrons. The van der Waals surface area contributed by atoms with Gasteiger partial charge in [0.15, 0.2) is 4.77 Å². The molecule has 3 rings (SSSR count). The number of carbonyl (C=O) groups excluding carboxylic acids is 1. The number of carbonyl (C=O) groups is 1. The van der Waals surface area contributed by atoms with Crippen LogP contribution >= 0.6 is 12.2 Å². The first kappa shape index (κ1) is 18.2. The molecule has 0 aliphatic rings. The molecule has 0 saturated carbocycles. The summed E-state index contributed by atoms with van der Waals surface area (Å²) in [5, 5.41) is 2.79. The van der Waals surface area contributed by atoms with Crippen LogP contribution in [0.1, 0.15) is 22.0 Å². The summed E-state index contributed by atoms with van der Waals surface area (Å²) >= 11 is 5.01. The third kappa shape index (κ3) is 3.81. The summed E-state index contributed by atoms with van der Waals surface area (Å²) in [6.07, 6.45) is 0. The number of H-pyrrole nitrogens is 2. The van der Waals surface area contributed by atoms with Gasteiger partial charge < -0.3 is 20.2 Å². The van der Waals surface area contributed by atoms with Crippen LogP contribution in [0, 0.1) is 16.4 Å². The maximum Gasteiger partial charge on any atom is 0.253 e. The van der Waals surface area contributed by atoms with E-state index >= 15 is 0 Å². The zero-order valence-electron chi connectivity index (χ0n) is 14.3. The van der Waals surface area contributed by atoms with Gasteiger partial charge in [-0.05, 0) is 56.1 Å². The fourth-order valence-corrected chi connectivity index (χ4v) is 3.10. The van der Waals surface area contributed by atoms with Crippen LogP contribution in [0.4, 0.5) is 8.78 Å². The number of aromatic nitrogens is 2. The van der Waals surface area contributed by atoms with Crippen molar-refractivity contribution in [3.05, 3.63) is 63.9 Å². The normalized spacial score (nSPS) is 12.5. The number of rotatable bonds is 5. The third-order valence-electron chi connectivity index (χ3n) is 4.15. The smallest absolute Gasteiger partial charge is 0.253 e. The Morgan fingerprint density at radius 3 is 2.65 bits per heavy atom. The minimum absolute atomic E-state index is 0.157. The molecular weight excluding hydrogens is 358 g/mol. The van der Waals surface area contributed by atoms with Gasteiger partial charge in [0, 0.05) is 6.54 Å². The highest BCUT2D eigenvalue weighted by Crippen LogP contribution is 2.20. The molecule has 26 heavy (non-hydrogen) atoms. The summed E-state index contributed by atoms with van der Waals surface area (Å²) in [6, 6.07) is 8.41. The quantitative estimate of drug-likeness (QED) is 0.597. The van der Waals surface area contributed by atoms with E-state index in [9.17, 15) is 13.6 Å². The first-order valence-corrected chi connectivity index (χ1v) is 8.37. The highest BCUT2D eigenvalue weighted by molar-refractivity contribution is 7.71. The lowest BCUT2D eigenvalue weighted by Crippen LogP contribution is -2.34. The molecule has 1 atom stereocenters. The molecule has 0 saturated heterocycles. The van der Waals surface area contributed by atoms with Crippen LogP contribution in [-0.4, -0.2) is 41.4 Å². The van der Waals surface area contributed by atoms with Crippen LogP contribution in [0.5, 0.6) is 0 Å². The van der Waals surface area contributed by atoms with Gasteiger partial charge in [0.25, 0.3) is 5.91 Å². The molecule has 5 nitrogen and oxygen atoms in total. The van der Waals surface area contributed by atoms with Crippen molar-refractivity contribution in [2.45, 2.75) is 6.04 Å². The maximum absolute atomic E-state index is 13.8. The van der Waals surface area contributed by atoms with E-state index < -0.39 is 11.7 Å². The average Bonchev–Trinajstić information content (AvgIpc) is 2.93. The molecule has 1 unspecified atom stereocenters. The number of amides is 1. The number of hydrogen-bond donors (Lipinski definition) is 3. The number of hydrogen-bond acceptors (Lipinski definition) is 3. The van der Waals surface area contributed by atoms with Crippen LogP contribution in [0.3, 0.4) is 0 Å². The third-order valence-corrected chi connectivity index (χ3v) is 4.35. The lowest BCUT2D eigenvalue weighted by Gasteiger charge is -2.25. The number of benzene rings is 2. The minimum Gasteiger partial charge on any atom is -0.350 e. The second kappa shape index (κ2) is 7.35. The first-order chi connectivity index (χ1) is 12.3. The van der Waals surface area contributed by atoms with Crippen LogP contribution in [0.15, 0.2) is 36.4 Å². The van der Waals surface area contributed by atoms with Gasteiger partial charge in [-0.2, -0.15) is 0 Å². The second-order valence-corrected chi connectivity index (χ2v) is 6.61. The predicted octanol–water partition coefficient (Wildman–Crippen LogP) is 3.54. The molecule has 8 heteroatoms. The van der Waals surface area contributed by atoms with Crippen molar-refractivity contribution in [3.8, 4) is 0 Å². The van der Waals surface area contributed by atoms with Crippen molar-refractivity contribution in [1.82, 2.24) is 20.2 Å². The van der Waals surface area contributed by atoms with Crippen LogP contribution in [0.2, 0.25) is 0 Å². The van der Waals surface area contributed by atoms with Crippen LogP contribution in [0.25, 0.3) is 11.0 Å². The van der Waals surface area contributed by atoms with Crippen molar-refractivity contribution in [2.75, 3.05) is 20.6 Å². The Bertz CT molecular complexity index is 1010. The number of aromatic amines is 2. The highest BCUT2D eigenvalue weighted by Gasteiger charge is 2.19. The maximum atomic E-state index is 13.8. The van der Waals surface area contributed by atoms with Crippen molar-refractivity contribution < 1.29 is 13.6 Å². The number of imidazole rings is 1. The topological polar surface area (TPSA) is 63.9 Å². The van der Waals surface area contributed by atoms with E-state index in [-0.39, 0.29) is 24.0 Å². The summed E-state index contributed by atoms with van der Waals surface area (Å²) in [6.45, 7) is 0.235. The van der Waals surface area contributed by atoms with Gasteiger partial charge in [-0.25, -0.2) is 8.78 Å². The van der Waals surface area contributed by atoms with Gasteiger partial charge in [0.2, 0.25) is 0 Å². The van der Waals surface area contributed by atoms with E-state index in [1.165, 1.54) is 18.2 Å². The molecule has 1 aromatic heterocycles. The van der Waals surface area contributed by atoms with E-state index in [1.807, 2.05) is 19.0 Å². The van der Waals surface area contributed by atoms with Gasteiger partial charge in [-0.1, -0.05) is 12.1 Å². The van der Waals surface area contributed by atoms with E-state index in [4.69, 9.17) is 12.2 Å². The SMILES string of the molecule is CN(C)C(CNC(=O)c1cc(F)cc2[nH]c(=S)[nH]c12)c1cccc(F)c1. The zero-order valence-corrected chi connectivity index (χ0v) is 15.1. The van der Waals surface area contributed by atoms with Crippen molar-refractivity contribution in [3.63, 3.8) is 0 Å². The fourth-order valence-electron chi connectivity index (χ4n) is 2.88. The Balaban J connectivity index is 1.84. The molecule has 3 N–H and O–H groups in total. The molecule has 1 amide bonds. The minimum atomic E-state index is -0.540. The van der Waals surface area contributed by atoms with Crippen LogP contribution < -0.4 is 5.32 Å². The lowest BCUT2D eigenvalue weighted by atomic mass is 10.1. The Kier molecular flexibility index (Phi) is 5.15. The Labute approximate surface area is 154 Å². The van der Waals surface area contributed by atoms with E-state index in [1.54, 1.807) is 12.1 Å². The van der Waals surface area contributed by atoms with E-state index in [0.29, 0.717) is 15.8 Å². The van der Waals surface area contributed by atoms with E-state index in [2.05, 4.69) is 15.3 Å². The summed E-state index contributed by atoms with van der Waals surface area (Å²) in [4.78, 5) is 20.1. The predicted molar refractivity (Wildman–Crippen MR) is 98.6 cm³/mol. The standard InChI is InChI=1S/C18H18F2N4OS/c1-24(2)15(10-4-3-5-11(19)6-10)9-21-17(25)13-7-12(20)8-14-16(13)23-18(26)22-14/h3-8,15H,9H2,1-2H3,(H,21,25)(H2,22,23,26). The number of nitrogens with zero attached hydrogens (tertiary/aromatic N) is 1. The molecule has 3 aromatic rings. The number of nitrogens with one attached hydrogen (secondary N) is 3. The Morgan fingerprint density at radius 2 is 1.96 bits per heavy atom. The molecule has 2 aromatic carbocycles. The summed E-state index contributed by atoms with van der Waals surface area (Å²) in [7, 11) is 3.68. The van der Waals surface area contributed by atoms with Gasteiger partial charge >= 0.3 is 0 Å². The molecule has 0 aliphatic heterocycles. The molecule has 0 bridgehead atoms. The Morgan fingerprint density at radius 1 is 1.19 bits per heavy atom. The van der Waals surface area contributed by atoms with Gasteiger partial charge in [-0.15, -0.1) is 0 Å². The summed E-state index contributed by atoms with van der Waals surface area (Å²) < 4.78 is 27.6. The molecule has 0 radical (unpaired) electrons. The molecule has 0 fully saturated rings. The largest absolute Gasteiger partial charge is 0.350 e. The highest BCUT2D eigenvalue weighted by atomic mass is 32.1. The van der Waals surface area contributed by atoms with Crippen molar-refractivity contribution in [2.24, 2.45) is 0 Å². The molecule has 1 heterocycles.